The molecule has 0 saturated carbocycles. The molecule has 70 valence electrons. The van der Waals surface area contributed by atoms with Crippen molar-refractivity contribution in [3.8, 4) is 6.07 Å². The molecule has 1 aliphatic rings. The maximum Gasteiger partial charge on any atom is 0.240 e. The lowest BCUT2D eigenvalue weighted by Crippen LogP contribution is -2.32. The van der Waals surface area contributed by atoms with Crippen LogP contribution in [0.25, 0.3) is 0 Å². The number of hydrogen-bond donors (Lipinski definition) is 0. The zero-order chi connectivity index (χ0) is 9.68. The molecule has 0 radical (unpaired) electrons. The number of carbonyl (C=O) groups excluding carboxylic acids is 1. The summed E-state index contributed by atoms with van der Waals surface area (Å²) in [6, 6.07) is 2.02. The smallest absolute Gasteiger partial charge is 0.240 e. The van der Waals surface area contributed by atoms with Crippen LogP contribution in [0.5, 0.6) is 0 Å². The molecule has 1 amide bonds. The Morgan fingerprint density at radius 1 is 1.62 bits per heavy atom. The van der Waals surface area contributed by atoms with Crippen molar-refractivity contribution in [1.29, 1.82) is 5.26 Å². The van der Waals surface area contributed by atoms with Gasteiger partial charge in [0.25, 0.3) is 0 Å². The summed E-state index contributed by atoms with van der Waals surface area (Å²) in [4.78, 5) is 13.4. The van der Waals surface area contributed by atoms with Crippen LogP contribution in [-0.2, 0) is 4.79 Å². The number of allylic oxidation sites excluding steroid dienone is 1. The molecule has 0 N–H and O–H groups in total. The van der Waals surface area contributed by atoms with Gasteiger partial charge in [-0.1, -0.05) is 6.08 Å². The van der Waals surface area contributed by atoms with Crippen LogP contribution in [0.4, 0.5) is 0 Å². The Bertz CT molecular complexity index is 236. The van der Waals surface area contributed by atoms with E-state index in [1.54, 1.807) is 11.0 Å². The lowest BCUT2D eigenvalue weighted by atomic mass is 10.1. The first-order valence-corrected chi connectivity index (χ1v) is 4.59. The maximum atomic E-state index is 11.6. The lowest BCUT2D eigenvalue weighted by molar-refractivity contribution is -0.132. The van der Waals surface area contributed by atoms with Crippen LogP contribution in [0.3, 0.4) is 0 Å². The van der Waals surface area contributed by atoms with Crippen LogP contribution in [0, 0.1) is 17.2 Å². The van der Waals surface area contributed by atoms with Crippen molar-refractivity contribution in [2.75, 3.05) is 13.1 Å². The van der Waals surface area contributed by atoms with Gasteiger partial charge in [-0.25, -0.2) is 0 Å². The van der Waals surface area contributed by atoms with Crippen molar-refractivity contribution in [3.63, 3.8) is 0 Å². The number of hydrogen-bond acceptors (Lipinski definition) is 2. The van der Waals surface area contributed by atoms with Crippen molar-refractivity contribution in [2.24, 2.45) is 5.92 Å². The Balaban J connectivity index is 2.53. The first kappa shape index (κ1) is 9.79. The molecule has 0 bridgehead atoms. The van der Waals surface area contributed by atoms with E-state index in [2.05, 4.69) is 6.58 Å². The van der Waals surface area contributed by atoms with E-state index in [1.807, 2.05) is 6.07 Å². The van der Waals surface area contributed by atoms with Crippen molar-refractivity contribution in [1.82, 2.24) is 4.90 Å². The molecule has 1 rings (SSSR count). The van der Waals surface area contributed by atoms with Crippen molar-refractivity contribution < 1.29 is 4.79 Å². The van der Waals surface area contributed by atoms with Gasteiger partial charge in [0, 0.05) is 13.1 Å². The van der Waals surface area contributed by atoms with Gasteiger partial charge < -0.3 is 4.90 Å². The molecule has 1 saturated heterocycles. The van der Waals surface area contributed by atoms with E-state index in [1.165, 1.54) is 0 Å². The summed E-state index contributed by atoms with van der Waals surface area (Å²) in [5.74, 6) is -0.546. The summed E-state index contributed by atoms with van der Waals surface area (Å²) < 4.78 is 0. The molecule has 0 aromatic rings. The van der Waals surface area contributed by atoms with E-state index in [0.29, 0.717) is 6.42 Å². The van der Waals surface area contributed by atoms with Crippen molar-refractivity contribution >= 4 is 5.91 Å². The monoisotopic (exact) mass is 178 g/mol. The van der Waals surface area contributed by atoms with Crippen LogP contribution < -0.4 is 0 Å². The summed E-state index contributed by atoms with van der Waals surface area (Å²) >= 11 is 0. The maximum absolute atomic E-state index is 11.6. The zero-order valence-electron chi connectivity index (χ0n) is 7.70. The normalized spacial score (nSPS) is 17.9. The third-order valence-electron chi connectivity index (χ3n) is 2.27. The van der Waals surface area contributed by atoms with E-state index in [9.17, 15) is 4.79 Å². The van der Waals surface area contributed by atoms with Crippen LogP contribution in [0.15, 0.2) is 12.7 Å². The lowest BCUT2D eigenvalue weighted by Gasteiger charge is -2.17. The molecule has 13 heavy (non-hydrogen) atoms. The third kappa shape index (κ3) is 2.32. The van der Waals surface area contributed by atoms with Gasteiger partial charge in [-0.2, -0.15) is 5.26 Å². The number of nitriles is 1. The highest BCUT2D eigenvalue weighted by molar-refractivity contribution is 5.81. The van der Waals surface area contributed by atoms with Gasteiger partial charge in [0.05, 0.1) is 6.07 Å². The number of amides is 1. The molecule has 0 aromatic carbocycles. The molecule has 1 atom stereocenters. The zero-order valence-corrected chi connectivity index (χ0v) is 7.70. The molecule has 0 aromatic heterocycles. The molecule has 0 aliphatic carbocycles. The Kier molecular flexibility index (Phi) is 3.51. The summed E-state index contributed by atoms with van der Waals surface area (Å²) in [5, 5.41) is 8.74. The van der Waals surface area contributed by atoms with E-state index in [0.717, 1.165) is 25.9 Å². The summed E-state index contributed by atoms with van der Waals surface area (Å²) in [5.41, 5.74) is 0. The van der Waals surface area contributed by atoms with E-state index >= 15 is 0 Å². The minimum Gasteiger partial charge on any atom is -0.342 e. The molecule has 3 nitrogen and oxygen atoms in total. The van der Waals surface area contributed by atoms with Gasteiger partial charge in [0.2, 0.25) is 5.91 Å². The Morgan fingerprint density at radius 2 is 2.23 bits per heavy atom. The average molecular weight is 178 g/mol. The first-order chi connectivity index (χ1) is 6.29. The van der Waals surface area contributed by atoms with E-state index < -0.39 is 5.92 Å². The molecule has 1 aliphatic heterocycles. The average Bonchev–Trinajstić information content (AvgIpc) is 2.65. The van der Waals surface area contributed by atoms with Crippen molar-refractivity contribution in [2.45, 2.75) is 19.3 Å². The van der Waals surface area contributed by atoms with Crippen LogP contribution in [0.1, 0.15) is 19.3 Å². The SMILES string of the molecule is C=CCC(C#N)C(=O)N1CCCC1. The number of carbonyl (C=O) groups is 1. The van der Waals surface area contributed by atoms with Crippen LogP contribution in [-0.4, -0.2) is 23.9 Å². The fourth-order valence-corrected chi connectivity index (χ4v) is 1.53. The quantitative estimate of drug-likeness (QED) is 0.612. The van der Waals surface area contributed by atoms with Gasteiger partial charge in [-0.3, -0.25) is 4.79 Å². The number of rotatable bonds is 3. The predicted octanol–water partition coefficient (Wildman–Crippen LogP) is 1.32. The largest absolute Gasteiger partial charge is 0.342 e. The van der Waals surface area contributed by atoms with Gasteiger partial charge in [-0.15, -0.1) is 6.58 Å². The highest BCUT2D eigenvalue weighted by Crippen LogP contribution is 2.13. The van der Waals surface area contributed by atoms with Gasteiger partial charge in [0.1, 0.15) is 5.92 Å². The highest BCUT2D eigenvalue weighted by atomic mass is 16.2. The number of likely N-dealkylation sites (tertiary alicyclic amines) is 1. The molecule has 1 heterocycles. The van der Waals surface area contributed by atoms with Gasteiger partial charge >= 0.3 is 0 Å². The molecule has 1 unspecified atom stereocenters. The molecular weight excluding hydrogens is 164 g/mol. The summed E-state index contributed by atoms with van der Waals surface area (Å²) in [6.45, 7) is 5.16. The van der Waals surface area contributed by atoms with Crippen LogP contribution in [0.2, 0.25) is 0 Å². The Hall–Kier alpha value is -1.30. The minimum absolute atomic E-state index is 0.0279. The summed E-state index contributed by atoms with van der Waals surface area (Å²) in [6.07, 6.45) is 4.23. The van der Waals surface area contributed by atoms with Crippen LogP contribution >= 0.6 is 0 Å². The van der Waals surface area contributed by atoms with E-state index in [4.69, 9.17) is 5.26 Å². The van der Waals surface area contributed by atoms with Gasteiger partial charge in [0.15, 0.2) is 0 Å². The van der Waals surface area contributed by atoms with E-state index in [-0.39, 0.29) is 5.91 Å². The second-order valence-corrected chi connectivity index (χ2v) is 3.24. The number of nitrogens with zero attached hydrogens (tertiary/aromatic N) is 2. The van der Waals surface area contributed by atoms with Gasteiger partial charge in [-0.05, 0) is 19.3 Å². The molecule has 0 spiro atoms. The topological polar surface area (TPSA) is 44.1 Å². The third-order valence-corrected chi connectivity index (χ3v) is 2.27. The molecule has 3 heteroatoms. The van der Waals surface area contributed by atoms with Crippen molar-refractivity contribution in [3.05, 3.63) is 12.7 Å². The fraction of sp³-hybridized carbons (Fsp3) is 0.600. The summed E-state index contributed by atoms with van der Waals surface area (Å²) in [7, 11) is 0. The Morgan fingerprint density at radius 3 is 2.69 bits per heavy atom. The second-order valence-electron chi connectivity index (χ2n) is 3.24. The molecular formula is C10H14N2O. The standard InChI is InChI=1S/C10H14N2O/c1-2-5-9(8-11)10(13)12-6-3-4-7-12/h2,9H,1,3-7H2. The predicted molar refractivity (Wildman–Crippen MR) is 49.7 cm³/mol. The fourth-order valence-electron chi connectivity index (χ4n) is 1.53. The molecule has 1 fully saturated rings. The minimum atomic E-state index is -0.518. The highest BCUT2D eigenvalue weighted by Gasteiger charge is 2.24. The Labute approximate surface area is 78.6 Å². The second kappa shape index (κ2) is 4.66. The first-order valence-electron chi connectivity index (χ1n) is 4.59.